The van der Waals surface area contributed by atoms with Crippen LogP contribution in [0, 0.1) is 6.92 Å². The molecule has 0 N–H and O–H groups in total. The second kappa shape index (κ2) is 5.66. The summed E-state index contributed by atoms with van der Waals surface area (Å²) >= 11 is 1.73. The van der Waals surface area contributed by atoms with Gasteiger partial charge in [0.15, 0.2) is 0 Å². The molecule has 0 spiro atoms. The Morgan fingerprint density at radius 2 is 2.24 bits per heavy atom. The van der Waals surface area contributed by atoms with Gasteiger partial charge in [0.2, 0.25) is 0 Å². The topological polar surface area (TPSA) is 59.2 Å². The highest BCUT2D eigenvalue weighted by molar-refractivity contribution is 7.10. The molecule has 4 heterocycles. The van der Waals surface area contributed by atoms with Crippen molar-refractivity contribution in [3.8, 4) is 0 Å². The third kappa shape index (κ3) is 2.47. The fourth-order valence-corrected chi connectivity index (χ4v) is 4.69. The van der Waals surface area contributed by atoms with Crippen molar-refractivity contribution in [2.45, 2.75) is 44.6 Å². The first-order chi connectivity index (χ1) is 12.2. The highest BCUT2D eigenvalue weighted by atomic mass is 32.1. The molecule has 1 unspecified atom stereocenters. The summed E-state index contributed by atoms with van der Waals surface area (Å²) in [5.74, 6) is 0.546. The highest BCUT2D eigenvalue weighted by Gasteiger charge is 2.34. The SMILES string of the molecule is Cc1noc2nc(C3CC3)cc(C(=O)N3CCCC3c3cccs3)c12. The van der Waals surface area contributed by atoms with Crippen molar-refractivity contribution in [3.05, 3.63) is 45.4 Å². The number of carbonyl (C=O) groups is 1. The number of thiophene rings is 1. The van der Waals surface area contributed by atoms with E-state index in [1.165, 1.54) is 4.88 Å². The molecule has 6 heteroatoms. The molecular weight excluding hydrogens is 334 g/mol. The first-order valence-corrected chi connectivity index (χ1v) is 9.71. The van der Waals surface area contributed by atoms with E-state index in [-0.39, 0.29) is 11.9 Å². The third-order valence-electron chi connectivity index (χ3n) is 5.25. The van der Waals surface area contributed by atoms with Crippen molar-refractivity contribution in [1.29, 1.82) is 0 Å². The van der Waals surface area contributed by atoms with Gasteiger partial charge in [0.1, 0.15) is 0 Å². The van der Waals surface area contributed by atoms with Crippen LogP contribution in [-0.4, -0.2) is 27.5 Å². The maximum Gasteiger partial charge on any atom is 0.259 e. The monoisotopic (exact) mass is 353 g/mol. The van der Waals surface area contributed by atoms with Crippen LogP contribution in [0.25, 0.3) is 11.1 Å². The number of rotatable bonds is 3. The number of nitrogens with zero attached hydrogens (tertiary/aromatic N) is 3. The quantitative estimate of drug-likeness (QED) is 0.698. The van der Waals surface area contributed by atoms with E-state index in [4.69, 9.17) is 4.52 Å². The molecule has 1 aliphatic carbocycles. The van der Waals surface area contributed by atoms with Gasteiger partial charge in [-0.3, -0.25) is 4.79 Å². The van der Waals surface area contributed by atoms with Crippen LogP contribution < -0.4 is 0 Å². The van der Waals surface area contributed by atoms with Gasteiger partial charge in [-0.05, 0) is 50.1 Å². The molecule has 3 aromatic heterocycles. The van der Waals surface area contributed by atoms with Crippen LogP contribution in [0.3, 0.4) is 0 Å². The smallest absolute Gasteiger partial charge is 0.259 e. The molecule has 2 aliphatic rings. The number of fused-ring (bicyclic) bond motifs is 1. The Labute approximate surface area is 149 Å². The van der Waals surface area contributed by atoms with Gasteiger partial charge in [-0.15, -0.1) is 11.3 Å². The van der Waals surface area contributed by atoms with Gasteiger partial charge in [0, 0.05) is 23.0 Å². The molecule has 5 nitrogen and oxygen atoms in total. The minimum absolute atomic E-state index is 0.0801. The first kappa shape index (κ1) is 15.1. The Bertz CT molecular complexity index is 943. The molecule has 1 aliphatic heterocycles. The molecule has 3 aromatic rings. The third-order valence-corrected chi connectivity index (χ3v) is 6.22. The molecule has 1 saturated heterocycles. The number of carbonyl (C=O) groups excluding carboxylic acids is 1. The summed E-state index contributed by atoms with van der Waals surface area (Å²) < 4.78 is 5.39. The Morgan fingerprint density at radius 1 is 1.36 bits per heavy atom. The van der Waals surface area contributed by atoms with E-state index in [1.807, 2.05) is 17.9 Å². The molecule has 128 valence electrons. The fraction of sp³-hybridized carbons (Fsp3) is 0.421. The molecule has 5 rings (SSSR count). The summed E-state index contributed by atoms with van der Waals surface area (Å²) in [7, 11) is 0. The number of likely N-dealkylation sites (tertiary alicyclic amines) is 1. The zero-order valence-corrected chi connectivity index (χ0v) is 14.9. The van der Waals surface area contributed by atoms with Crippen LogP contribution in [0.1, 0.15) is 64.3 Å². The van der Waals surface area contributed by atoms with Crippen molar-refractivity contribution < 1.29 is 9.32 Å². The van der Waals surface area contributed by atoms with Crippen LogP contribution in [0.15, 0.2) is 28.1 Å². The molecule has 2 fully saturated rings. The van der Waals surface area contributed by atoms with Crippen LogP contribution in [-0.2, 0) is 0 Å². The van der Waals surface area contributed by atoms with Gasteiger partial charge >= 0.3 is 0 Å². The second-order valence-electron chi connectivity index (χ2n) is 6.99. The lowest BCUT2D eigenvalue weighted by molar-refractivity contribution is 0.0739. The normalized spacial score (nSPS) is 20.5. The van der Waals surface area contributed by atoms with Crippen molar-refractivity contribution in [3.63, 3.8) is 0 Å². The molecule has 1 saturated carbocycles. The van der Waals surface area contributed by atoms with Crippen LogP contribution in [0.2, 0.25) is 0 Å². The van der Waals surface area contributed by atoms with E-state index in [1.54, 1.807) is 11.3 Å². The zero-order valence-electron chi connectivity index (χ0n) is 14.1. The average Bonchev–Trinajstić information content (AvgIpc) is 3.02. The maximum absolute atomic E-state index is 13.4. The van der Waals surface area contributed by atoms with Crippen molar-refractivity contribution in [2.75, 3.05) is 6.54 Å². The summed E-state index contributed by atoms with van der Waals surface area (Å²) in [4.78, 5) is 21.3. The van der Waals surface area contributed by atoms with E-state index in [0.717, 1.165) is 49.0 Å². The minimum atomic E-state index is 0.0801. The maximum atomic E-state index is 13.4. The minimum Gasteiger partial charge on any atom is -0.336 e. The van der Waals surface area contributed by atoms with Crippen LogP contribution in [0.4, 0.5) is 0 Å². The number of hydrogen-bond donors (Lipinski definition) is 0. The Morgan fingerprint density at radius 3 is 3.00 bits per heavy atom. The van der Waals surface area contributed by atoms with E-state index in [0.29, 0.717) is 17.2 Å². The molecule has 0 aromatic carbocycles. The van der Waals surface area contributed by atoms with Crippen molar-refractivity contribution in [1.82, 2.24) is 15.0 Å². The first-order valence-electron chi connectivity index (χ1n) is 8.83. The highest BCUT2D eigenvalue weighted by Crippen LogP contribution is 2.41. The van der Waals surface area contributed by atoms with Gasteiger partial charge < -0.3 is 9.42 Å². The van der Waals surface area contributed by atoms with E-state index in [9.17, 15) is 4.79 Å². The molecule has 25 heavy (non-hydrogen) atoms. The Kier molecular flexibility index (Phi) is 3.41. The summed E-state index contributed by atoms with van der Waals surface area (Å²) in [6.45, 7) is 2.68. The van der Waals surface area contributed by atoms with Gasteiger partial charge in [-0.2, -0.15) is 0 Å². The molecule has 1 atom stereocenters. The van der Waals surface area contributed by atoms with Crippen LogP contribution >= 0.6 is 11.3 Å². The lowest BCUT2D eigenvalue weighted by Gasteiger charge is -2.24. The largest absolute Gasteiger partial charge is 0.336 e. The van der Waals surface area contributed by atoms with E-state index in [2.05, 4.69) is 27.7 Å². The summed E-state index contributed by atoms with van der Waals surface area (Å²) in [6.07, 6.45) is 4.35. The average molecular weight is 353 g/mol. The molecule has 0 radical (unpaired) electrons. The summed E-state index contributed by atoms with van der Waals surface area (Å²) in [6, 6.07) is 6.35. The Hall–Kier alpha value is -2.21. The fourth-order valence-electron chi connectivity index (χ4n) is 3.81. The summed E-state index contributed by atoms with van der Waals surface area (Å²) in [5.41, 5.74) is 2.91. The van der Waals surface area contributed by atoms with E-state index >= 15 is 0 Å². The molecule has 1 amide bonds. The number of aromatic nitrogens is 2. The standard InChI is InChI=1S/C19H19N3O2S/c1-11-17-13(10-14(12-6-7-12)20-18(17)24-21-11)19(23)22-8-2-4-15(22)16-5-3-9-25-16/h3,5,9-10,12,15H,2,4,6-8H2,1H3. The van der Waals surface area contributed by atoms with Crippen molar-refractivity contribution in [2.24, 2.45) is 0 Å². The molecular formula is C19H19N3O2S. The molecule has 0 bridgehead atoms. The number of aryl methyl sites for hydroxylation is 1. The van der Waals surface area contributed by atoms with Gasteiger partial charge in [0.25, 0.3) is 11.6 Å². The van der Waals surface area contributed by atoms with Gasteiger partial charge in [-0.25, -0.2) is 4.98 Å². The lowest BCUT2D eigenvalue weighted by atomic mass is 10.1. The predicted molar refractivity (Wildman–Crippen MR) is 95.8 cm³/mol. The second-order valence-corrected chi connectivity index (χ2v) is 7.97. The van der Waals surface area contributed by atoms with Crippen LogP contribution in [0.5, 0.6) is 0 Å². The van der Waals surface area contributed by atoms with Gasteiger partial charge in [0.05, 0.1) is 22.7 Å². The zero-order chi connectivity index (χ0) is 17.0. The van der Waals surface area contributed by atoms with E-state index < -0.39 is 0 Å². The Balaban J connectivity index is 1.59. The number of pyridine rings is 1. The predicted octanol–water partition coefficient (Wildman–Crippen LogP) is 4.45. The number of amides is 1. The number of hydrogen-bond acceptors (Lipinski definition) is 5. The lowest BCUT2D eigenvalue weighted by Crippen LogP contribution is -2.30. The van der Waals surface area contributed by atoms with Crippen molar-refractivity contribution >= 4 is 28.3 Å². The summed E-state index contributed by atoms with van der Waals surface area (Å²) in [5, 5.41) is 6.90. The van der Waals surface area contributed by atoms with Gasteiger partial charge in [-0.1, -0.05) is 11.2 Å².